The van der Waals surface area contributed by atoms with Crippen LogP contribution in [0.1, 0.15) is 36.6 Å². The molecule has 4 heterocycles. The Labute approximate surface area is 187 Å². The molecule has 0 fully saturated rings. The van der Waals surface area contributed by atoms with Crippen LogP contribution in [0.5, 0.6) is 0 Å². The molecule has 6 rings (SSSR count). The first-order valence-corrected chi connectivity index (χ1v) is 10.9. The van der Waals surface area contributed by atoms with Crippen molar-refractivity contribution in [2.24, 2.45) is 0 Å². The molecule has 1 amide bonds. The van der Waals surface area contributed by atoms with Crippen LogP contribution < -0.4 is 0 Å². The Hall–Kier alpha value is -3.81. The Morgan fingerprint density at radius 2 is 2.00 bits per heavy atom. The lowest BCUT2D eigenvalue weighted by Crippen LogP contribution is -2.29. The molecule has 0 N–H and O–H groups in total. The third-order valence-corrected chi connectivity index (χ3v) is 6.71. The van der Waals surface area contributed by atoms with Crippen LogP contribution in [0, 0.1) is 11.6 Å². The molecule has 2 aliphatic rings. The molecular weight excluding hydrogens is 426 g/mol. The number of amides is 1. The van der Waals surface area contributed by atoms with Gasteiger partial charge in [-0.05, 0) is 35.8 Å². The summed E-state index contributed by atoms with van der Waals surface area (Å²) in [5, 5.41) is 0.173. The SMILES string of the molecule is CC(=O)N1CCn2cc(C3=C(c4cnc5ccccn45)C(=O)CC3)c3c(F)c(F)cc(c32)C1. The monoisotopic (exact) mass is 446 g/mol. The van der Waals surface area contributed by atoms with Crippen molar-refractivity contribution < 1.29 is 18.4 Å². The van der Waals surface area contributed by atoms with Crippen molar-refractivity contribution in [3.05, 3.63) is 71.3 Å². The minimum Gasteiger partial charge on any atom is -0.345 e. The summed E-state index contributed by atoms with van der Waals surface area (Å²) in [6, 6.07) is 6.76. The van der Waals surface area contributed by atoms with Crippen LogP contribution in [0.2, 0.25) is 0 Å². The number of hydrogen-bond donors (Lipinski definition) is 0. The number of nitrogens with zero attached hydrogens (tertiary/aromatic N) is 4. The predicted octanol–water partition coefficient (Wildman–Crippen LogP) is 4.20. The number of fused-ring (bicyclic) bond motifs is 1. The molecular formula is C25H20F2N4O2. The molecule has 0 bridgehead atoms. The summed E-state index contributed by atoms with van der Waals surface area (Å²) in [6.45, 7) is 2.58. The highest BCUT2D eigenvalue weighted by atomic mass is 19.2. The van der Waals surface area contributed by atoms with Gasteiger partial charge in [-0.1, -0.05) is 6.07 Å². The zero-order valence-corrected chi connectivity index (χ0v) is 17.9. The van der Waals surface area contributed by atoms with Crippen molar-refractivity contribution in [1.29, 1.82) is 0 Å². The fourth-order valence-corrected chi connectivity index (χ4v) is 5.18. The number of ketones is 1. The van der Waals surface area contributed by atoms with Crippen molar-refractivity contribution in [2.75, 3.05) is 6.54 Å². The Balaban J connectivity index is 1.64. The number of carbonyl (C=O) groups is 2. The normalized spacial score (nSPS) is 16.3. The second-order valence-electron chi connectivity index (χ2n) is 8.58. The second kappa shape index (κ2) is 7.10. The Bertz CT molecular complexity index is 1530. The van der Waals surface area contributed by atoms with Crippen LogP contribution in [0.25, 0.3) is 27.7 Å². The van der Waals surface area contributed by atoms with Gasteiger partial charge in [0.1, 0.15) is 5.65 Å². The minimum atomic E-state index is -0.955. The summed E-state index contributed by atoms with van der Waals surface area (Å²) < 4.78 is 33.7. The van der Waals surface area contributed by atoms with Crippen molar-refractivity contribution >= 4 is 39.4 Å². The summed E-state index contributed by atoms with van der Waals surface area (Å²) in [4.78, 5) is 31.0. The number of imidazole rings is 1. The van der Waals surface area contributed by atoms with E-state index in [0.717, 1.165) is 0 Å². The Morgan fingerprint density at radius 3 is 2.82 bits per heavy atom. The highest BCUT2D eigenvalue weighted by molar-refractivity contribution is 6.31. The van der Waals surface area contributed by atoms with Gasteiger partial charge in [-0.15, -0.1) is 0 Å². The molecule has 1 aliphatic carbocycles. The van der Waals surface area contributed by atoms with Gasteiger partial charge in [0.25, 0.3) is 0 Å². The number of aromatic nitrogens is 3. The fourth-order valence-electron chi connectivity index (χ4n) is 5.18. The highest BCUT2D eigenvalue weighted by Crippen LogP contribution is 2.43. The van der Waals surface area contributed by atoms with Gasteiger partial charge in [0, 0.05) is 61.9 Å². The summed E-state index contributed by atoms with van der Waals surface area (Å²) in [5.74, 6) is -2.03. The van der Waals surface area contributed by atoms with Gasteiger partial charge in [-0.2, -0.15) is 0 Å². The smallest absolute Gasteiger partial charge is 0.219 e. The molecule has 8 heteroatoms. The summed E-state index contributed by atoms with van der Waals surface area (Å²) in [6.07, 6.45) is 6.04. The van der Waals surface area contributed by atoms with Crippen molar-refractivity contribution in [2.45, 2.75) is 32.9 Å². The molecule has 166 valence electrons. The van der Waals surface area contributed by atoms with E-state index in [0.29, 0.717) is 65.1 Å². The van der Waals surface area contributed by atoms with Gasteiger partial charge in [-0.25, -0.2) is 13.8 Å². The van der Waals surface area contributed by atoms with Gasteiger partial charge in [0.15, 0.2) is 17.4 Å². The van der Waals surface area contributed by atoms with Gasteiger partial charge in [0.05, 0.1) is 17.4 Å². The van der Waals surface area contributed by atoms with Crippen molar-refractivity contribution in [3.8, 4) is 0 Å². The van der Waals surface area contributed by atoms with Gasteiger partial charge in [-0.3, -0.25) is 14.0 Å². The molecule has 6 nitrogen and oxygen atoms in total. The fraction of sp³-hybridized carbons (Fsp3) is 0.240. The van der Waals surface area contributed by atoms with E-state index in [-0.39, 0.29) is 23.6 Å². The van der Waals surface area contributed by atoms with E-state index < -0.39 is 11.6 Å². The molecule has 0 saturated carbocycles. The van der Waals surface area contributed by atoms with Gasteiger partial charge in [0.2, 0.25) is 5.91 Å². The first-order valence-electron chi connectivity index (χ1n) is 10.9. The molecule has 33 heavy (non-hydrogen) atoms. The maximum absolute atomic E-state index is 15.3. The van der Waals surface area contributed by atoms with E-state index in [1.807, 2.05) is 33.4 Å². The van der Waals surface area contributed by atoms with Crippen LogP contribution in [0.15, 0.2) is 42.9 Å². The average Bonchev–Trinajstić information content (AvgIpc) is 3.45. The maximum atomic E-state index is 15.3. The number of carbonyl (C=O) groups excluding carboxylic acids is 2. The lowest BCUT2D eigenvalue weighted by Gasteiger charge is -2.18. The molecule has 0 unspecified atom stereocenters. The average molecular weight is 446 g/mol. The molecule has 1 aromatic carbocycles. The largest absolute Gasteiger partial charge is 0.345 e. The highest BCUT2D eigenvalue weighted by Gasteiger charge is 2.32. The standard InChI is InChI=1S/C25H20F2N4O2/c1-14(32)29-8-9-30-13-17(23-24(27)18(26)10-15(12-29)25(23)30)16-5-6-20(33)22(16)19-11-28-21-4-2-3-7-31(19)21/h2-4,7,10-11,13H,5-6,8-9,12H2,1H3. The molecule has 1 aliphatic heterocycles. The first kappa shape index (κ1) is 19.8. The third-order valence-electron chi connectivity index (χ3n) is 6.71. The van der Waals surface area contributed by atoms with E-state index >= 15 is 4.39 Å². The predicted molar refractivity (Wildman–Crippen MR) is 119 cm³/mol. The molecule has 0 radical (unpaired) electrons. The number of halogens is 2. The number of pyridine rings is 1. The number of hydrogen-bond acceptors (Lipinski definition) is 3. The molecule has 0 saturated heterocycles. The molecule has 0 atom stereocenters. The maximum Gasteiger partial charge on any atom is 0.219 e. The number of Topliss-reactive ketones (excluding diaryl/α,β-unsaturated/α-hetero) is 1. The molecule has 4 aromatic rings. The minimum absolute atomic E-state index is 0.0385. The summed E-state index contributed by atoms with van der Waals surface area (Å²) in [5.41, 5.74) is 4.23. The Kier molecular flexibility index (Phi) is 4.27. The molecule has 3 aromatic heterocycles. The number of allylic oxidation sites excluding steroid dienone is 2. The number of rotatable bonds is 2. The number of benzene rings is 1. The van der Waals surface area contributed by atoms with Crippen LogP contribution in [-0.2, 0) is 22.7 Å². The lowest BCUT2D eigenvalue weighted by atomic mass is 9.98. The topological polar surface area (TPSA) is 59.6 Å². The Morgan fingerprint density at radius 1 is 1.15 bits per heavy atom. The van der Waals surface area contributed by atoms with Crippen LogP contribution in [0.3, 0.4) is 0 Å². The van der Waals surface area contributed by atoms with E-state index in [2.05, 4.69) is 4.98 Å². The van der Waals surface area contributed by atoms with Gasteiger partial charge < -0.3 is 9.47 Å². The van der Waals surface area contributed by atoms with E-state index in [1.54, 1.807) is 17.3 Å². The van der Waals surface area contributed by atoms with Crippen molar-refractivity contribution in [1.82, 2.24) is 18.9 Å². The third kappa shape index (κ3) is 2.86. The lowest BCUT2D eigenvalue weighted by molar-refractivity contribution is -0.129. The van der Waals surface area contributed by atoms with E-state index in [9.17, 15) is 14.0 Å². The van der Waals surface area contributed by atoms with E-state index in [4.69, 9.17) is 0 Å². The summed E-state index contributed by atoms with van der Waals surface area (Å²) >= 11 is 0. The van der Waals surface area contributed by atoms with Crippen LogP contribution >= 0.6 is 0 Å². The quantitative estimate of drug-likeness (QED) is 0.464. The summed E-state index contributed by atoms with van der Waals surface area (Å²) in [7, 11) is 0. The zero-order chi connectivity index (χ0) is 22.9. The van der Waals surface area contributed by atoms with Crippen molar-refractivity contribution in [3.63, 3.8) is 0 Å². The van der Waals surface area contributed by atoms with E-state index in [1.165, 1.54) is 13.0 Å². The van der Waals surface area contributed by atoms with Crippen LogP contribution in [0.4, 0.5) is 8.78 Å². The second-order valence-corrected chi connectivity index (χ2v) is 8.58. The van der Waals surface area contributed by atoms with Crippen LogP contribution in [-0.4, -0.2) is 37.1 Å². The van der Waals surface area contributed by atoms with Gasteiger partial charge >= 0.3 is 0 Å². The first-order chi connectivity index (χ1) is 15.9. The zero-order valence-electron chi connectivity index (χ0n) is 17.9. The molecule has 0 spiro atoms.